The van der Waals surface area contributed by atoms with Gasteiger partial charge in [-0.25, -0.2) is 4.39 Å². The largest absolute Gasteiger partial charge is 0.352 e. The SMILES string of the molecule is Cn1cccc1C(C(=O)NC1CCCCC1)N(C(=O)Cc1cccs1)c1ccc(F)cc1. The number of nitrogens with one attached hydrogen (secondary N) is 1. The average molecular weight is 454 g/mol. The Morgan fingerprint density at radius 3 is 2.50 bits per heavy atom. The molecular formula is C25H28FN3O2S. The number of thiophene rings is 1. The lowest BCUT2D eigenvalue weighted by Gasteiger charge is -2.33. The molecule has 0 radical (unpaired) electrons. The van der Waals surface area contributed by atoms with Crippen molar-refractivity contribution >= 4 is 28.8 Å². The minimum atomic E-state index is -0.852. The highest BCUT2D eigenvalue weighted by atomic mass is 32.1. The van der Waals surface area contributed by atoms with Crippen molar-refractivity contribution in [1.29, 1.82) is 0 Å². The lowest BCUT2D eigenvalue weighted by atomic mass is 9.95. The predicted octanol–water partition coefficient (Wildman–Crippen LogP) is 4.99. The summed E-state index contributed by atoms with van der Waals surface area (Å²) in [6.45, 7) is 0. The summed E-state index contributed by atoms with van der Waals surface area (Å²) in [5.74, 6) is -0.798. The van der Waals surface area contributed by atoms with Crippen LogP contribution in [0.2, 0.25) is 0 Å². The fourth-order valence-corrected chi connectivity index (χ4v) is 5.05. The molecule has 1 fully saturated rings. The maximum atomic E-state index is 13.7. The van der Waals surface area contributed by atoms with Gasteiger partial charge in [-0.15, -0.1) is 11.3 Å². The van der Waals surface area contributed by atoms with Crippen LogP contribution in [-0.4, -0.2) is 22.4 Å². The number of carbonyl (C=O) groups excluding carboxylic acids is 2. The van der Waals surface area contributed by atoms with Crippen LogP contribution in [0, 0.1) is 5.82 Å². The van der Waals surface area contributed by atoms with Gasteiger partial charge in [0.2, 0.25) is 11.8 Å². The first kappa shape index (κ1) is 22.3. The second-order valence-electron chi connectivity index (χ2n) is 8.29. The van der Waals surface area contributed by atoms with E-state index in [2.05, 4.69) is 5.32 Å². The van der Waals surface area contributed by atoms with Gasteiger partial charge >= 0.3 is 0 Å². The number of aryl methyl sites for hydroxylation is 1. The second kappa shape index (κ2) is 10.1. The first-order chi connectivity index (χ1) is 15.5. The zero-order valence-electron chi connectivity index (χ0n) is 18.2. The van der Waals surface area contributed by atoms with Crippen LogP contribution < -0.4 is 10.2 Å². The van der Waals surface area contributed by atoms with Gasteiger partial charge in [0.15, 0.2) is 6.04 Å². The Hall–Kier alpha value is -2.93. The smallest absolute Gasteiger partial charge is 0.249 e. The van der Waals surface area contributed by atoms with Crippen LogP contribution in [-0.2, 0) is 23.1 Å². The summed E-state index contributed by atoms with van der Waals surface area (Å²) in [4.78, 5) is 29.7. The summed E-state index contributed by atoms with van der Waals surface area (Å²) < 4.78 is 15.5. The molecule has 32 heavy (non-hydrogen) atoms. The lowest BCUT2D eigenvalue weighted by Crippen LogP contribution is -2.48. The number of hydrogen-bond acceptors (Lipinski definition) is 3. The Kier molecular flexibility index (Phi) is 7.05. The number of benzene rings is 1. The van der Waals surface area contributed by atoms with Crippen molar-refractivity contribution in [3.8, 4) is 0 Å². The highest BCUT2D eigenvalue weighted by Crippen LogP contribution is 2.30. The third-order valence-corrected chi connectivity index (χ3v) is 6.88. The predicted molar refractivity (Wildman–Crippen MR) is 125 cm³/mol. The third-order valence-electron chi connectivity index (χ3n) is 6.00. The van der Waals surface area contributed by atoms with Crippen LogP contribution in [0.25, 0.3) is 0 Å². The summed E-state index contributed by atoms with van der Waals surface area (Å²) in [6, 6.07) is 12.6. The van der Waals surface area contributed by atoms with Gasteiger partial charge in [0, 0.05) is 29.9 Å². The van der Waals surface area contributed by atoms with Crippen LogP contribution in [0.4, 0.5) is 10.1 Å². The maximum absolute atomic E-state index is 13.7. The fraction of sp³-hybridized carbons (Fsp3) is 0.360. The molecule has 0 spiro atoms. The van der Waals surface area contributed by atoms with Crippen LogP contribution in [0.5, 0.6) is 0 Å². The van der Waals surface area contributed by atoms with E-state index >= 15 is 0 Å². The number of aromatic nitrogens is 1. The monoisotopic (exact) mass is 453 g/mol. The van der Waals surface area contributed by atoms with E-state index in [1.54, 1.807) is 12.1 Å². The van der Waals surface area contributed by atoms with Gasteiger partial charge in [-0.1, -0.05) is 25.3 Å². The highest BCUT2D eigenvalue weighted by molar-refractivity contribution is 7.10. The van der Waals surface area contributed by atoms with Crippen molar-refractivity contribution in [3.63, 3.8) is 0 Å². The summed E-state index contributed by atoms with van der Waals surface area (Å²) in [5.41, 5.74) is 1.21. The molecule has 3 aromatic rings. The van der Waals surface area contributed by atoms with E-state index in [4.69, 9.17) is 0 Å². The van der Waals surface area contributed by atoms with Crippen molar-refractivity contribution in [1.82, 2.24) is 9.88 Å². The van der Waals surface area contributed by atoms with E-state index in [-0.39, 0.29) is 30.1 Å². The zero-order chi connectivity index (χ0) is 22.5. The molecule has 0 bridgehead atoms. The first-order valence-corrected chi connectivity index (χ1v) is 11.9. The topological polar surface area (TPSA) is 54.3 Å². The number of anilines is 1. The molecule has 2 heterocycles. The average Bonchev–Trinajstić information content (AvgIpc) is 3.45. The number of amides is 2. The maximum Gasteiger partial charge on any atom is 0.249 e. The van der Waals surface area contributed by atoms with Crippen molar-refractivity contribution < 1.29 is 14.0 Å². The highest BCUT2D eigenvalue weighted by Gasteiger charge is 2.35. The quantitative estimate of drug-likeness (QED) is 0.548. The minimum absolute atomic E-state index is 0.112. The Bertz CT molecular complexity index is 1040. The number of halogens is 1. The van der Waals surface area contributed by atoms with Crippen LogP contribution in [0.3, 0.4) is 0 Å². The van der Waals surface area contributed by atoms with Crippen LogP contribution in [0.15, 0.2) is 60.1 Å². The lowest BCUT2D eigenvalue weighted by molar-refractivity contribution is -0.127. The summed E-state index contributed by atoms with van der Waals surface area (Å²) in [6.07, 6.45) is 7.32. The zero-order valence-corrected chi connectivity index (χ0v) is 19.0. The van der Waals surface area contributed by atoms with Gasteiger partial charge in [0.25, 0.3) is 0 Å². The number of nitrogens with zero attached hydrogens (tertiary/aromatic N) is 2. The summed E-state index contributed by atoms with van der Waals surface area (Å²) >= 11 is 1.50. The molecule has 1 unspecified atom stereocenters. The van der Waals surface area contributed by atoms with Gasteiger partial charge in [-0.3, -0.25) is 14.5 Å². The van der Waals surface area contributed by atoms with Gasteiger partial charge < -0.3 is 9.88 Å². The summed E-state index contributed by atoms with van der Waals surface area (Å²) in [5, 5.41) is 5.12. The first-order valence-electron chi connectivity index (χ1n) is 11.0. The Balaban J connectivity index is 1.72. The molecule has 1 saturated carbocycles. The molecule has 2 amide bonds. The van der Waals surface area contributed by atoms with Crippen molar-refractivity contribution in [3.05, 3.63) is 76.5 Å². The van der Waals surface area contributed by atoms with E-state index in [1.165, 1.54) is 34.8 Å². The van der Waals surface area contributed by atoms with Crippen LogP contribution in [0.1, 0.15) is 48.7 Å². The molecule has 168 valence electrons. The normalized spacial score (nSPS) is 15.3. The molecule has 4 rings (SSSR count). The summed E-state index contributed by atoms with van der Waals surface area (Å²) in [7, 11) is 1.86. The molecule has 1 N–H and O–H groups in total. The molecule has 1 atom stereocenters. The molecular weight excluding hydrogens is 425 g/mol. The van der Waals surface area contributed by atoms with Crippen molar-refractivity contribution in [2.24, 2.45) is 7.05 Å². The molecule has 1 aliphatic rings. The van der Waals surface area contributed by atoms with Crippen molar-refractivity contribution in [2.75, 3.05) is 4.90 Å². The minimum Gasteiger partial charge on any atom is -0.352 e. The Morgan fingerprint density at radius 2 is 1.88 bits per heavy atom. The molecule has 7 heteroatoms. The van der Waals surface area contributed by atoms with E-state index in [9.17, 15) is 14.0 Å². The Labute approximate surface area is 191 Å². The molecule has 1 aromatic carbocycles. The van der Waals surface area contributed by atoms with E-state index in [0.717, 1.165) is 30.6 Å². The third kappa shape index (κ3) is 5.10. The molecule has 2 aromatic heterocycles. The van der Waals surface area contributed by atoms with E-state index < -0.39 is 6.04 Å². The molecule has 0 saturated heterocycles. The van der Waals surface area contributed by atoms with E-state index in [1.807, 2.05) is 47.5 Å². The van der Waals surface area contributed by atoms with Crippen LogP contribution >= 0.6 is 11.3 Å². The molecule has 0 aliphatic heterocycles. The van der Waals surface area contributed by atoms with Gasteiger partial charge in [-0.2, -0.15) is 0 Å². The Morgan fingerprint density at radius 1 is 1.12 bits per heavy atom. The van der Waals surface area contributed by atoms with Gasteiger partial charge in [-0.05, 0) is 60.7 Å². The van der Waals surface area contributed by atoms with Crippen molar-refractivity contribution in [2.45, 2.75) is 50.6 Å². The number of hydrogen-bond donors (Lipinski definition) is 1. The second-order valence-corrected chi connectivity index (χ2v) is 9.32. The number of carbonyl (C=O) groups is 2. The van der Waals surface area contributed by atoms with Gasteiger partial charge in [0.05, 0.1) is 12.1 Å². The molecule has 1 aliphatic carbocycles. The fourth-order valence-electron chi connectivity index (χ4n) is 4.36. The van der Waals surface area contributed by atoms with E-state index in [0.29, 0.717) is 11.4 Å². The number of rotatable bonds is 7. The van der Waals surface area contributed by atoms with Gasteiger partial charge in [0.1, 0.15) is 5.82 Å². The standard InChI is InChI=1S/C25H28FN3O2S/c1-28-15-5-10-22(28)24(25(31)27-19-7-3-2-4-8-19)29(20-13-11-18(26)12-14-20)23(30)17-21-9-6-16-32-21/h5-6,9-16,19,24H,2-4,7-8,17H2,1H3,(H,27,31). The molecule has 5 nitrogen and oxygen atoms in total.